The number of hydrogen-bond donors (Lipinski definition) is 9. The quantitative estimate of drug-likeness (QED) is 0.0206. The summed E-state index contributed by atoms with van der Waals surface area (Å²) >= 11 is 0. The molecule has 2 aliphatic rings. The second kappa shape index (κ2) is 43.6. The van der Waals surface area contributed by atoms with Gasteiger partial charge in [-0.2, -0.15) is 0 Å². The lowest BCUT2D eigenvalue weighted by Crippen LogP contribution is -2.65. The predicted octanol–water partition coefficient (Wildman–Crippen LogP) is 8.77. The third-order valence-electron chi connectivity index (χ3n) is 13.4. The molecule has 2 rings (SSSR count). The highest BCUT2D eigenvalue weighted by Crippen LogP contribution is 2.30. The Hall–Kier alpha value is -2.57. The van der Waals surface area contributed by atoms with E-state index in [0.29, 0.717) is 12.8 Å². The molecule has 2 heterocycles. The normalized spacial score (nSPS) is 26.1. The second-order valence-electron chi connectivity index (χ2n) is 19.7. The Morgan fingerprint density at radius 1 is 0.514 bits per heavy atom. The first-order valence-corrected chi connectivity index (χ1v) is 28.2. The zero-order valence-corrected chi connectivity index (χ0v) is 44.4. The Kier molecular flexibility index (Phi) is 39.7. The Bertz CT molecular complexity index is 1480. The number of allylic oxidation sites excluding steroid dienone is 11. The highest BCUT2D eigenvalue weighted by Gasteiger charge is 2.51. The number of carbonyl (C=O) groups excluding carboxylic acids is 1. The maximum atomic E-state index is 13.1. The predicted molar refractivity (Wildman–Crippen MR) is 286 cm³/mol. The number of nitrogens with one attached hydrogen (secondary N) is 1. The minimum Gasteiger partial charge on any atom is -0.394 e. The van der Waals surface area contributed by atoms with Gasteiger partial charge < -0.3 is 65.1 Å². The lowest BCUT2D eigenvalue weighted by molar-refractivity contribution is -0.359. The molecule has 12 atom stereocenters. The van der Waals surface area contributed by atoms with Crippen molar-refractivity contribution in [1.82, 2.24) is 5.32 Å². The molecule has 0 aromatic heterocycles. The third-order valence-corrected chi connectivity index (χ3v) is 13.4. The molecule has 0 aromatic rings. The molecule has 416 valence electrons. The molecule has 0 aromatic carbocycles. The molecule has 0 saturated carbocycles. The van der Waals surface area contributed by atoms with Gasteiger partial charge in [-0.1, -0.05) is 196 Å². The lowest BCUT2D eigenvalue weighted by atomic mass is 9.97. The molecule has 14 nitrogen and oxygen atoms in total. The van der Waals surface area contributed by atoms with Crippen LogP contribution >= 0.6 is 0 Å². The molecule has 72 heavy (non-hydrogen) atoms. The van der Waals surface area contributed by atoms with Gasteiger partial charge in [0, 0.05) is 6.42 Å². The summed E-state index contributed by atoms with van der Waals surface area (Å²) < 4.78 is 22.6. The van der Waals surface area contributed by atoms with Crippen LogP contribution in [-0.2, 0) is 23.7 Å². The van der Waals surface area contributed by atoms with Crippen molar-refractivity contribution in [2.75, 3.05) is 19.8 Å². The van der Waals surface area contributed by atoms with Crippen LogP contribution in [0.1, 0.15) is 194 Å². The van der Waals surface area contributed by atoms with E-state index in [1.165, 1.54) is 96.3 Å². The van der Waals surface area contributed by atoms with E-state index < -0.39 is 86.8 Å². The Morgan fingerprint density at radius 2 is 0.972 bits per heavy atom. The van der Waals surface area contributed by atoms with Crippen LogP contribution in [0.3, 0.4) is 0 Å². The average Bonchev–Trinajstić information content (AvgIpc) is 3.38. The summed E-state index contributed by atoms with van der Waals surface area (Å²) in [5.74, 6) is -0.255. The maximum absolute atomic E-state index is 13.1. The standard InChI is InChI=1S/C58H101NO13/c1-3-5-7-9-11-12-13-14-15-16-17-18-19-20-21-22-23-24-25-26-27-28-29-30-31-32-33-34-36-38-40-42-50(63)59-46(47(62)41-39-37-35-10-8-6-4-2)45-69-57-55(68)53(66)56(49(44-61)71-57)72-58-54(67)52(65)51(64)48(43-60)70-58/h5,7-8,10-12,14-15,17-18,39,41,46-49,51-58,60-62,64-68H,3-4,6,9,13,16,19-38,40,42-45H2,1-2H3,(H,59,63)/b7-5-,10-8+,12-11-,15-14-,18-17-,41-39+. The van der Waals surface area contributed by atoms with E-state index in [-0.39, 0.29) is 18.9 Å². The van der Waals surface area contributed by atoms with E-state index in [0.717, 1.165) is 64.2 Å². The fraction of sp³-hybridized carbons (Fsp3) is 0.776. The number of rotatable bonds is 43. The minimum atomic E-state index is -1.79. The smallest absolute Gasteiger partial charge is 0.220 e. The van der Waals surface area contributed by atoms with Crippen molar-refractivity contribution < 1.29 is 64.6 Å². The average molecular weight is 1020 g/mol. The van der Waals surface area contributed by atoms with Crippen molar-refractivity contribution in [1.29, 1.82) is 0 Å². The zero-order valence-electron chi connectivity index (χ0n) is 44.4. The largest absolute Gasteiger partial charge is 0.394 e. The molecule has 9 N–H and O–H groups in total. The fourth-order valence-electron chi connectivity index (χ4n) is 8.83. The zero-order chi connectivity index (χ0) is 52.4. The van der Waals surface area contributed by atoms with E-state index in [1.807, 2.05) is 6.08 Å². The molecule has 2 aliphatic heterocycles. The maximum Gasteiger partial charge on any atom is 0.220 e. The molecular weight excluding hydrogens is 919 g/mol. The third kappa shape index (κ3) is 29.5. The Balaban J connectivity index is 1.60. The summed E-state index contributed by atoms with van der Waals surface area (Å²) in [5, 5.41) is 86.5. The van der Waals surface area contributed by atoms with Crippen LogP contribution in [0.5, 0.6) is 0 Å². The van der Waals surface area contributed by atoms with Crippen LogP contribution in [0.15, 0.2) is 72.9 Å². The minimum absolute atomic E-state index is 0.255. The number of amides is 1. The van der Waals surface area contributed by atoms with Crippen molar-refractivity contribution in [2.24, 2.45) is 0 Å². The molecular formula is C58H101NO13. The number of ether oxygens (including phenoxy) is 4. The van der Waals surface area contributed by atoms with Crippen LogP contribution < -0.4 is 5.32 Å². The first-order valence-electron chi connectivity index (χ1n) is 28.2. The molecule has 0 aliphatic carbocycles. The van der Waals surface area contributed by atoms with Gasteiger partial charge in [-0.05, 0) is 64.2 Å². The van der Waals surface area contributed by atoms with E-state index in [2.05, 4.69) is 79.9 Å². The van der Waals surface area contributed by atoms with Gasteiger partial charge in [0.05, 0.1) is 32.0 Å². The fourth-order valence-corrected chi connectivity index (χ4v) is 8.83. The van der Waals surface area contributed by atoms with Crippen LogP contribution in [0.25, 0.3) is 0 Å². The van der Waals surface area contributed by atoms with Gasteiger partial charge in [-0.3, -0.25) is 4.79 Å². The summed E-state index contributed by atoms with van der Waals surface area (Å²) in [6, 6.07) is -0.930. The number of unbranched alkanes of at least 4 members (excludes halogenated alkanes) is 20. The monoisotopic (exact) mass is 1020 g/mol. The lowest BCUT2D eigenvalue weighted by Gasteiger charge is -2.46. The molecule has 12 unspecified atom stereocenters. The summed E-state index contributed by atoms with van der Waals surface area (Å²) in [6.07, 6.45) is 40.1. The SMILES string of the molecule is CC/C=C\C/C=C\C/C=C\C/C=C\CCCCCCCCCCCCCCCCCCCCC(=O)NC(COC1OC(CO)C(OC2OC(CO)C(O)C(O)C2O)C(O)C1O)C(O)/C=C/CC/C=C/CCC. The van der Waals surface area contributed by atoms with Gasteiger partial charge in [0.15, 0.2) is 12.6 Å². The number of aliphatic hydroxyl groups excluding tert-OH is 8. The van der Waals surface area contributed by atoms with E-state index in [9.17, 15) is 45.6 Å². The van der Waals surface area contributed by atoms with Crippen molar-refractivity contribution in [3.8, 4) is 0 Å². The van der Waals surface area contributed by atoms with Gasteiger partial charge in [-0.25, -0.2) is 0 Å². The summed E-state index contributed by atoms with van der Waals surface area (Å²) in [5.41, 5.74) is 0. The molecule has 0 bridgehead atoms. The molecule has 1 amide bonds. The van der Waals surface area contributed by atoms with Crippen LogP contribution in [-0.4, -0.2) is 140 Å². The molecule has 0 radical (unpaired) electrons. The van der Waals surface area contributed by atoms with E-state index >= 15 is 0 Å². The highest BCUT2D eigenvalue weighted by atomic mass is 16.7. The van der Waals surface area contributed by atoms with Gasteiger partial charge in [0.25, 0.3) is 0 Å². The van der Waals surface area contributed by atoms with Crippen LogP contribution in [0, 0.1) is 0 Å². The topological polar surface area (TPSA) is 228 Å². The molecule has 2 saturated heterocycles. The van der Waals surface area contributed by atoms with Gasteiger partial charge in [0.1, 0.15) is 48.8 Å². The second-order valence-corrected chi connectivity index (χ2v) is 19.7. The Labute approximate surface area is 434 Å². The van der Waals surface area contributed by atoms with Gasteiger partial charge >= 0.3 is 0 Å². The number of hydrogen-bond acceptors (Lipinski definition) is 13. The van der Waals surface area contributed by atoms with Crippen molar-refractivity contribution in [2.45, 2.75) is 267 Å². The molecule has 0 spiro atoms. The van der Waals surface area contributed by atoms with E-state index in [4.69, 9.17) is 18.9 Å². The van der Waals surface area contributed by atoms with E-state index in [1.54, 1.807) is 6.08 Å². The summed E-state index contributed by atoms with van der Waals surface area (Å²) in [6.45, 7) is 2.53. The van der Waals surface area contributed by atoms with Crippen molar-refractivity contribution >= 4 is 5.91 Å². The molecule has 2 fully saturated rings. The van der Waals surface area contributed by atoms with Crippen molar-refractivity contribution in [3.63, 3.8) is 0 Å². The van der Waals surface area contributed by atoms with Gasteiger partial charge in [-0.15, -0.1) is 0 Å². The Morgan fingerprint density at radius 3 is 1.51 bits per heavy atom. The number of aliphatic hydroxyl groups is 8. The molecule has 14 heteroatoms. The number of carbonyl (C=O) groups is 1. The highest BCUT2D eigenvalue weighted by molar-refractivity contribution is 5.76. The summed E-state index contributed by atoms with van der Waals surface area (Å²) in [4.78, 5) is 13.1. The summed E-state index contributed by atoms with van der Waals surface area (Å²) in [7, 11) is 0. The first-order chi connectivity index (χ1) is 35.1. The van der Waals surface area contributed by atoms with Crippen LogP contribution in [0.4, 0.5) is 0 Å². The van der Waals surface area contributed by atoms with Crippen molar-refractivity contribution in [3.05, 3.63) is 72.9 Å². The van der Waals surface area contributed by atoms with Crippen LogP contribution in [0.2, 0.25) is 0 Å². The first kappa shape index (κ1) is 65.5. The van der Waals surface area contributed by atoms with Gasteiger partial charge in [0.2, 0.25) is 5.91 Å².